The molecule has 0 heterocycles. The van der Waals surface area contributed by atoms with Crippen LogP contribution in [0.3, 0.4) is 0 Å². The third-order valence-corrected chi connectivity index (χ3v) is 2.10. The van der Waals surface area contributed by atoms with Gasteiger partial charge < -0.3 is 14.2 Å². The van der Waals surface area contributed by atoms with Crippen molar-refractivity contribution < 1.29 is 28.6 Å². The summed E-state index contributed by atoms with van der Waals surface area (Å²) in [4.78, 5) is 31.3. The van der Waals surface area contributed by atoms with Crippen LogP contribution >= 0.6 is 25.3 Å². The number of esters is 3. The van der Waals surface area contributed by atoms with Crippen LogP contribution in [0.15, 0.2) is 25.3 Å². The van der Waals surface area contributed by atoms with E-state index in [0.29, 0.717) is 0 Å². The molecule has 0 N–H and O–H groups in total. The van der Waals surface area contributed by atoms with Gasteiger partial charge in [0.2, 0.25) is 0 Å². The van der Waals surface area contributed by atoms with Crippen molar-refractivity contribution in [1.29, 1.82) is 0 Å². The van der Waals surface area contributed by atoms with Crippen LogP contribution in [0.2, 0.25) is 0 Å². The minimum atomic E-state index is -0.626. The normalized spacial score (nSPS) is 10.2. The zero-order chi connectivity index (χ0) is 16.0. The van der Waals surface area contributed by atoms with Gasteiger partial charge in [0.1, 0.15) is 6.61 Å². The van der Waals surface area contributed by atoms with Crippen LogP contribution in [0, 0.1) is 0 Å². The number of ether oxygens (including phenoxy) is 3. The van der Waals surface area contributed by atoms with Gasteiger partial charge in [-0.3, -0.25) is 9.59 Å². The van der Waals surface area contributed by atoms with E-state index in [4.69, 9.17) is 9.47 Å². The van der Waals surface area contributed by atoms with Crippen molar-refractivity contribution in [2.45, 2.75) is 6.10 Å². The molecular weight excluding hydrogens is 304 g/mol. The summed E-state index contributed by atoms with van der Waals surface area (Å²) in [6.07, 6.45) is 1.87. The first-order chi connectivity index (χ1) is 9.44. The lowest BCUT2D eigenvalue weighted by Gasteiger charge is -2.12. The fourth-order valence-electron chi connectivity index (χ4n) is 0.660. The quantitative estimate of drug-likeness (QED) is 0.238. The van der Waals surface area contributed by atoms with Crippen molar-refractivity contribution in [1.82, 2.24) is 0 Å². The average molecular weight is 322 g/mol. The van der Waals surface area contributed by atoms with Crippen LogP contribution in [-0.4, -0.2) is 49.2 Å². The Kier molecular flexibility index (Phi) is 14.6. The third-order valence-electron chi connectivity index (χ3n) is 1.58. The molecule has 0 aromatic heterocycles. The maximum Gasteiger partial charge on any atom is 0.329 e. The highest BCUT2D eigenvalue weighted by Gasteiger charge is 2.11. The van der Waals surface area contributed by atoms with Crippen LogP contribution in [0.25, 0.3) is 0 Å². The first kappa shape index (κ1) is 20.9. The SMILES string of the molecule is C=CC(=O)OC.C=CC(COC(=O)CS)OC(=O)CS. The van der Waals surface area contributed by atoms with E-state index in [9.17, 15) is 14.4 Å². The maximum absolute atomic E-state index is 10.8. The third kappa shape index (κ3) is 13.0. The van der Waals surface area contributed by atoms with Gasteiger partial charge in [-0.25, -0.2) is 4.79 Å². The molecule has 114 valence electrons. The van der Waals surface area contributed by atoms with Crippen LogP contribution in [0.5, 0.6) is 0 Å². The van der Waals surface area contributed by atoms with Crippen LogP contribution in [0.4, 0.5) is 0 Å². The molecule has 0 bridgehead atoms. The first-order valence-electron chi connectivity index (χ1n) is 5.34. The second-order valence-electron chi connectivity index (χ2n) is 2.99. The molecule has 0 saturated carbocycles. The van der Waals surface area contributed by atoms with Crippen molar-refractivity contribution in [3.05, 3.63) is 25.3 Å². The molecule has 0 aliphatic rings. The molecule has 0 spiro atoms. The molecule has 0 saturated heterocycles. The number of carbonyl (C=O) groups excluding carboxylic acids is 3. The van der Waals surface area contributed by atoms with Crippen LogP contribution < -0.4 is 0 Å². The molecule has 0 fully saturated rings. The van der Waals surface area contributed by atoms with Gasteiger partial charge in [0.25, 0.3) is 0 Å². The van der Waals surface area contributed by atoms with E-state index in [-0.39, 0.29) is 18.1 Å². The van der Waals surface area contributed by atoms with E-state index < -0.39 is 24.0 Å². The number of carbonyl (C=O) groups is 3. The van der Waals surface area contributed by atoms with Gasteiger partial charge in [-0.2, -0.15) is 25.3 Å². The monoisotopic (exact) mass is 322 g/mol. The van der Waals surface area contributed by atoms with E-state index in [1.54, 1.807) is 0 Å². The van der Waals surface area contributed by atoms with Crippen molar-refractivity contribution in [2.75, 3.05) is 25.2 Å². The fourth-order valence-corrected chi connectivity index (χ4v) is 0.826. The van der Waals surface area contributed by atoms with E-state index in [2.05, 4.69) is 43.2 Å². The summed E-state index contributed by atoms with van der Waals surface area (Å²) in [7, 11) is 1.31. The predicted octanol–water partition coefficient (Wildman–Crippen LogP) is 0.832. The van der Waals surface area contributed by atoms with Gasteiger partial charge in [-0.05, 0) is 6.08 Å². The highest BCUT2D eigenvalue weighted by molar-refractivity contribution is 7.81. The largest absolute Gasteiger partial charge is 0.466 e. The molecular formula is C12H18O6S2. The summed E-state index contributed by atoms with van der Waals surface area (Å²) in [6.45, 7) is 6.56. The van der Waals surface area contributed by atoms with Gasteiger partial charge in [0, 0.05) is 6.08 Å². The molecule has 8 heteroatoms. The molecule has 0 amide bonds. The maximum atomic E-state index is 10.8. The molecule has 0 radical (unpaired) electrons. The Bertz CT molecular complexity index is 343. The molecule has 0 aliphatic carbocycles. The van der Waals surface area contributed by atoms with Gasteiger partial charge in [-0.1, -0.05) is 13.2 Å². The van der Waals surface area contributed by atoms with Crippen molar-refractivity contribution >= 4 is 43.2 Å². The van der Waals surface area contributed by atoms with Gasteiger partial charge >= 0.3 is 17.9 Å². The zero-order valence-corrected chi connectivity index (χ0v) is 12.9. The summed E-state index contributed by atoms with van der Waals surface area (Å²) < 4.78 is 13.7. The van der Waals surface area contributed by atoms with Crippen LogP contribution in [0.1, 0.15) is 0 Å². The lowest BCUT2D eigenvalue weighted by Crippen LogP contribution is -2.24. The number of hydrogen-bond acceptors (Lipinski definition) is 8. The Balaban J connectivity index is 0. The minimum Gasteiger partial charge on any atom is -0.466 e. The zero-order valence-electron chi connectivity index (χ0n) is 11.1. The Hall–Kier alpha value is -1.41. The number of thiol groups is 2. The molecule has 0 rings (SSSR count). The average Bonchev–Trinajstić information content (AvgIpc) is 2.50. The molecule has 0 aromatic rings. The van der Waals surface area contributed by atoms with E-state index in [1.165, 1.54) is 13.2 Å². The Morgan fingerprint density at radius 2 is 1.70 bits per heavy atom. The molecule has 1 atom stereocenters. The number of hydrogen-bond donors (Lipinski definition) is 2. The number of methoxy groups -OCH3 is 1. The smallest absolute Gasteiger partial charge is 0.329 e. The van der Waals surface area contributed by atoms with E-state index in [1.807, 2.05) is 0 Å². The highest BCUT2D eigenvalue weighted by Crippen LogP contribution is 1.97. The van der Waals surface area contributed by atoms with Crippen molar-refractivity contribution in [3.63, 3.8) is 0 Å². The summed E-state index contributed by atoms with van der Waals surface area (Å²) in [5.74, 6) is -1.38. The van der Waals surface area contributed by atoms with Gasteiger partial charge in [0.05, 0.1) is 18.6 Å². The van der Waals surface area contributed by atoms with E-state index >= 15 is 0 Å². The van der Waals surface area contributed by atoms with Crippen molar-refractivity contribution in [3.8, 4) is 0 Å². The second kappa shape index (κ2) is 14.0. The van der Waals surface area contributed by atoms with Gasteiger partial charge in [-0.15, -0.1) is 0 Å². The summed E-state index contributed by atoms with van der Waals surface area (Å²) in [5.41, 5.74) is 0. The lowest BCUT2D eigenvalue weighted by molar-refractivity contribution is -0.152. The molecule has 6 nitrogen and oxygen atoms in total. The summed E-state index contributed by atoms with van der Waals surface area (Å²) in [5, 5.41) is 0. The summed E-state index contributed by atoms with van der Waals surface area (Å²) >= 11 is 7.44. The second-order valence-corrected chi connectivity index (χ2v) is 3.62. The molecule has 0 aliphatic heterocycles. The lowest BCUT2D eigenvalue weighted by atomic mass is 10.4. The number of rotatable bonds is 7. The Morgan fingerprint density at radius 1 is 1.15 bits per heavy atom. The van der Waals surface area contributed by atoms with Crippen LogP contribution in [-0.2, 0) is 28.6 Å². The highest BCUT2D eigenvalue weighted by atomic mass is 32.1. The standard InChI is InChI=1S/C8H12O4S2.C4H6O2/c1-2-6(12-8(10)5-14)3-11-7(9)4-13;1-3-4(5)6-2/h2,6,13-14H,1,3-5H2;3H,1H2,2H3. The fraction of sp³-hybridized carbons (Fsp3) is 0.417. The topological polar surface area (TPSA) is 78.9 Å². The molecule has 20 heavy (non-hydrogen) atoms. The minimum absolute atomic E-state index is 0.00955. The van der Waals surface area contributed by atoms with Gasteiger partial charge in [0.15, 0.2) is 6.10 Å². The van der Waals surface area contributed by atoms with Crippen molar-refractivity contribution in [2.24, 2.45) is 0 Å². The Morgan fingerprint density at radius 3 is 2.00 bits per heavy atom. The molecule has 0 aromatic carbocycles. The Labute approximate surface area is 129 Å². The van der Waals surface area contributed by atoms with E-state index in [0.717, 1.165) is 6.08 Å². The molecule has 1 unspecified atom stereocenters. The summed E-state index contributed by atoms with van der Waals surface area (Å²) in [6, 6.07) is 0. The first-order valence-corrected chi connectivity index (χ1v) is 6.61. The predicted molar refractivity (Wildman–Crippen MR) is 81.0 cm³/mol.